The zero-order valence-electron chi connectivity index (χ0n) is 14.0. The predicted molar refractivity (Wildman–Crippen MR) is 97.3 cm³/mol. The smallest absolute Gasteiger partial charge is 0.325 e. The summed E-state index contributed by atoms with van der Waals surface area (Å²) in [5, 5.41) is 4.81. The molecule has 0 fully saturated rings. The summed E-state index contributed by atoms with van der Waals surface area (Å²) in [6.07, 6.45) is 0. The van der Waals surface area contributed by atoms with E-state index in [2.05, 4.69) is 5.32 Å². The Labute approximate surface area is 146 Å². The highest BCUT2D eigenvalue weighted by Crippen LogP contribution is 2.16. The average Bonchev–Trinajstić information content (AvgIpc) is 2.65. The van der Waals surface area contributed by atoms with Gasteiger partial charge in [-0.15, -0.1) is 0 Å². The van der Waals surface area contributed by atoms with Crippen LogP contribution in [-0.2, 0) is 16.1 Å². The molecule has 4 heteroatoms. The first-order valence-electron chi connectivity index (χ1n) is 8.10. The number of aryl methyl sites for hydroxylation is 1. The van der Waals surface area contributed by atoms with Crippen molar-refractivity contribution in [1.82, 2.24) is 5.32 Å². The summed E-state index contributed by atoms with van der Waals surface area (Å²) in [4.78, 5) is 23.8. The quantitative estimate of drug-likeness (QED) is 0.726. The Morgan fingerprint density at radius 1 is 0.920 bits per heavy atom. The van der Waals surface area contributed by atoms with E-state index in [0.29, 0.717) is 5.56 Å². The third kappa shape index (κ3) is 4.44. The van der Waals surface area contributed by atoms with Gasteiger partial charge in [0.25, 0.3) is 5.91 Å². The molecule has 3 rings (SSSR count). The fourth-order valence-electron chi connectivity index (χ4n) is 2.50. The molecule has 0 aliphatic heterocycles. The largest absolute Gasteiger partial charge is 0.460 e. The fraction of sp³-hybridized carbons (Fsp3) is 0.143. The number of ether oxygens (including phenoxy) is 1. The number of rotatable bonds is 5. The summed E-state index contributed by atoms with van der Waals surface area (Å²) in [5.74, 6) is -0.753. The molecule has 126 valence electrons. The number of carbonyl (C=O) groups excluding carboxylic acids is 2. The molecule has 0 aliphatic carbocycles. The molecule has 4 nitrogen and oxygen atoms in total. The second kappa shape index (κ2) is 7.62. The van der Waals surface area contributed by atoms with Crippen LogP contribution in [0.1, 0.15) is 21.5 Å². The van der Waals surface area contributed by atoms with Crippen molar-refractivity contribution in [3.8, 4) is 0 Å². The van der Waals surface area contributed by atoms with Gasteiger partial charge in [-0.25, -0.2) is 0 Å². The molecule has 0 spiro atoms. The second-order valence-corrected chi connectivity index (χ2v) is 5.89. The SMILES string of the molecule is Cc1ccc(C(=O)NCC(=O)OCc2ccc3ccccc3c2)cc1. The van der Waals surface area contributed by atoms with Crippen LogP contribution in [0.3, 0.4) is 0 Å². The molecule has 0 heterocycles. The zero-order valence-corrected chi connectivity index (χ0v) is 14.0. The van der Waals surface area contributed by atoms with Crippen LogP contribution in [0.2, 0.25) is 0 Å². The minimum absolute atomic E-state index is 0.152. The van der Waals surface area contributed by atoms with Crippen molar-refractivity contribution in [2.45, 2.75) is 13.5 Å². The van der Waals surface area contributed by atoms with E-state index in [1.807, 2.05) is 61.5 Å². The van der Waals surface area contributed by atoms with E-state index in [1.54, 1.807) is 12.1 Å². The Morgan fingerprint density at radius 2 is 1.64 bits per heavy atom. The van der Waals surface area contributed by atoms with Crippen molar-refractivity contribution in [2.75, 3.05) is 6.54 Å². The van der Waals surface area contributed by atoms with E-state index in [-0.39, 0.29) is 19.1 Å². The van der Waals surface area contributed by atoms with Gasteiger partial charge in [-0.05, 0) is 41.5 Å². The van der Waals surface area contributed by atoms with Gasteiger partial charge in [0.1, 0.15) is 13.2 Å². The summed E-state index contributed by atoms with van der Waals surface area (Å²) in [6.45, 7) is 1.98. The molecular weight excluding hydrogens is 314 g/mol. The van der Waals surface area contributed by atoms with E-state index in [4.69, 9.17) is 4.74 Å². The van der Waals surface area contributed by atoms with E-state index in [0.717, 1.165) is 21.9 Å². The van der Waals surface area contributed by atoms with E-state index in [9.17, 15) is 9.59 Å². The van der Waals surface area contributed by atoms with Crippen LogP contribution in [-0.4, -0.2) is 18.4 Å². The van der Waals surface area contributed by atoms with Crippen LogP contribution < -0.4 is 5.32 Å². The summed E-state index contributed by atoms with van der Waals surface area (Å²) in [7, 11) is 0. The third-order valence-corrected chi connectivity index (χ3v) is 3.92. The number of amides is 1. The summed E-state index contributed by atoms with van der Waals surface area (Å²) in [6, 6.07) is 21.1. The number of esters is 1. The van der Waals surface area contributed by atoms with Crippen LogP contribution >= 0.6 is 0 Å². The minimum Gasteiger partial charge on any atom is -0.460 e. The normalized spacial score (nSPS) is 10.4. The topological polar surface area (TPSA) is 55.4 Å². The third-order valence-electron chi connectivity index (χ3n) is 3.92. The van der Waals surface area contributed by atoms with E-state index < -0.39 is 5.97 Å². The number of hydrogen-bond acceptors (Lipinski definition) is 3. The molecule has 1 amide bonds. The second-order valence-electron chi connectivity index (χ2n) is 5.89. The molecule has 0 atom stereocenters. The molecule has 0 radical (unpaired) electrons. The van der Waals surface area contributed by atoms with Crippen LogP contribution in [0.25, 0.3) is 10.8 Å². The lowest BCUT2D eigenvalue weighted by Gasteiger charge is -2.08. The predicted octanol–water partition coefficient (Wildman–Crippen LogP) is 3.62. The maximum Gasteiger partial charge on any atom is 0.325 e. The van der Waals surface area contributed by atoms with Crippen molar-refractivity contribution in [2.24, 2.45) is 0 Å². The maximum atomic E-state index is 12.0. The van der Waals surface area contributed by atoms with Gasteiger partial charge in [0.05, 0.1) is 0 Å². The molecule has 1 N–H and O–H groups in total. The Hall–Kier alpha value is -3.14. The maximum absolute atomic E-state index is 12.0. The molecular formula is C21H19NO3. The summed E-state index contributed by atoms with van der Waals surface area (Å²) < 4.78 is 5.23. The lowest BCUT2D eigenvalue weighted by atomic mass is 10.1. The van der Waals surface area contributed by atoms with Gasteiger partial charge >= 0.3 is 5.97 Å². The lowest BCUT2D eigenvalue weighted by Crippen LogP contribution is -2.30. The van der Waals surface area contributed by atoms with Crippen LogP contribution in [0.4, 0.5) is 0 Å². The molecule has 3 aromatic carbocycles. The molecule has 0 saturated carbocycles. The van der Waals surface area contributed by atoms with Gasteiger partial charge in [0, 0.05) is 5.56 Å². The van der Waals surface area contributed by atoms with Gasteiger partial charge in [0.2, 0.25) is 0 Å². The first-order chi connectivity index (χ1) is 12.1. The highest BCUT2D eigenvalue weighted by molar-refractivity contribution is 5.95. The van der Waals surface area contributed by atoms with Crippen molar-refractivity contribution >= 4 is 22.6 Å². The van der Waals surface area contributed by atoms with Crippen LogP contribution in [0, 0.1) is 6.92 Å². The molecule has 0 saturated heterocycles. The first-order valence-corrected chi connectivity index (χ1v) is 8.10. The highest BCUT2D eigenvalue weighted by atomic mass is 16.5. The van der Waals surface area contributed by atoms with Gasteiger partial charge in [-0.2, -0.15) is 0 Å². The molecule has 3 aromatic rings. The Morgan fingerprint density at radius 3 is 2.40 bits per heavy atom. The number of benzene rings is 3. The van der Waals surface area contributed by atoms with Crippen molar-refractivity contribution in [3.63, 3.8) is 0 Å². The molecule has 0 aliphatic rings. The fourth-order valence-corrected chi connectivity index (χ4v) is 2.50. The highest BCUT2D eigenvalue weighted by Gasteiger charge is 2.09. The van der Waals surface area contributed by atoms with Crippen molar-refractivity contribution < 1.29 is 14.3 Å². The average molecular weight is 333 g/mol. The molecule has 0 bridgehead atoms. The van der Waals surface area contributed by atoms with Crippen LogP contribution in [0.15, 0.2) is 66.7 Å². The lowest BCUT2D eigenvalue weighted by molar-refractivity contribution is -0.143. The van der Waals surface area contributed by atoms with Crippen LogP contribution in [0.5, 0.6) is 0 Å². The molecule has 0 aromatic heterocycles. The van der Waals surface area contributed by atoms with Gasteiger partial charge < -0.3 is 10.1 Å². The summed E-state index contributed by atoms with van der Waals surface area (Å²) in [5.41, 5.74) is 2.51. The Balaban J connectivity index is 1.50. The Kier molecular flexibility index (Phi) is 5.09. The Bertz CT molecular complexity index is 900. The van der Waals surface area contributed by atoms with Gasteiger partial charge in [0.15, 0.2) is 0 Å². The van der Waals surface area contributed by atoms with Gasteiger partial charge in [-0.3, -0.25) is 9.59 Å². The zero-order chi connectivity index (χ0) is 17.6. The molecule has 0 unspecified atom stereocenters. The van der Waals surface area contributed by atoms with Crippen molar-refractivity contribution in [3.05, 3.63) is 83.4 Å². The van der Waals surface area contributed by atoms with Crippen molar-refractivity contribution in [1.29, 1.82) is 0 Å². The number of nitrogens with one attached hydrogen (secondary N) is 1. The standard InChI is InChI=1S/C21H19NO3/c1-15-6-9-18(10-7-15)21(24)22-13-20(23)25-14-16-8-11-17-4-2-3-5-19(17)12-16/h2-12H,13-14H2,1H3,(H,22,24). The monoisotopic (exact) mass is 333 g/mol. The number of hydrogen-bond donors (Lipinski definition) is 1. The first kappa shape index (κ1) is 16.7. The number of fused-ring (bicyclic) bond motifs is 1. The molecule has 25 heavy (non-hydrogen) atoms. The van der Waals surface area contributed by atoms with E-state index in [1.165, 1.54) is 0 Å². The summed E-state index contributed by atoms with van der Waals surface area (Å²) >= 11 is 0. The minimum atomic E-state index is -0.464. The van der Waals surface area contributed by atoms with E-state index >= 15 is 0 Å². The number of carbonyl (C=O) groups is 2. The van der Waals surface area contributed by atoms with Gasteiger partial charge in [-0.1, -0.05) is 54.1 Å².